The molecule has 0 heterocycles. The van der Waals surface area contributed by atoms with Gasteiger partial charge in [-0.1, -0.05) is 0 Å². The Kier molecular flexibility index (Phi) is 23.4. The van der Waals surface area contributed by atoms with E-state index in [4.69, 9.17) is 20.4 Å². The minimum absolute atomic E-state index is 0. The molecule has 0 aliphatic rings. The molecule has 0 aromatic heterocycles. The van der Waals surface area contributed by atoms with Crippen LogP contribution in [-0.2, 0) is 29.0 Å². The topological polar surface area (TPSA) is 199 Å². The predicted molar refractivity (Wildman–Crippen MR) is 78.5 cm³/mol. The fourth-order valence-corrected chi connectivity index (χ4v) is 0.985. The van der Waals surface area contributed by atoms with Crippen LogP contribution in [0.4, 0.5) is 0 Å². The SMILES string of the molecule is CC(C)=O.CC(C)=O.O=C(COS(=O)(=O)[O-])[C@@H](O)[C@H](O)[C@H](O)CO.[K+]. The second-order valence-corrected chi connectivity index (χ2v) is 5.69. The largest absolute Gasteiger partial charge is 1.00 e. The third-order valence-electron chi connectivity index (χ3n) is 1.58. The molecule has 0 bridgehead atoms. The van der Waals surface area contributed by atoms with Crippen molar-refractivity contribution in [3.63, 3.8) is 0 Å². The van der Waals surface area contributed by atoms with Crippen molar-refractivity contribution in [1.29, 1.82) is 0 Å². The first-order chi connectivity index (χ1) is 10.7. The van der Waals surface area contributed by atoms with E-state index in [-0.39, 0.29) is 63.0 Å². The van der Waals surface area contributed by atoms with Gasteiger partial charge in [0.05, 0.1) is 6.61 Å². The van der Waals surface area contributed by atoms with E-state index in [2.05, 4.69) is 4.18 Å². The number of carbonyl (C=O) groups is 3. The average molecular weight is 414 g/mol. The quantitative estimate of drug-likeness (QED) is 0.176. The van der Waals surface area contributed by atoms with Crippen molar-refractivity contribution in [2.24, 2.45) is 0 Å². The number of hydrogen-bond acceptors (Lipinski definition) is 11. The molecule has 0 spiro atoms. The predicted octanol–water partition coefficient (Wildman–Crippen LogP) is -5.70. The Morgan fingerprint density at radius 3 is 1.56 bits per heavy atom. The minimum Gasteiger partial charge on any atom is -0.726 e. The van der Waals surface area contributed by atoms with E-state index in [1.807, 2.05) is 0 Å². The van der Waals surface area contributed by atoms with Crippen molar-refractivity contribution < 1.29 is 103 Å². The van der Waals surface area contributed by atoms with Gasteiger partial charge < -0.3 is 34.6 Å². The number of Topliss-reactive ketones (excluding diaryl/α,β-unsaturated/α-hetero) is 3. The number of ketones is 3. The van der Waals surface area contributed by atoms with Gasteiger partial charge in [0.1, 0.15) is 36.5 Å². The molecule has 25 heavy (non-hydrogen) atoms. The zero-order chi connectivity index (χ0) is 20.1. The second-order valence-electron chi connectivity index (χ2n) is 4.64. The zero-order valence-electron chi connectivity index (χ0n) is 14.7. The van der Waals surface area contributed by atoms with Crippen LogP contribution < -0.4 is 51.4 Å². The molecular weight excluding hydrogens is 391 g/mol. The van der Waals surface area contributed by atoms with Crippen LogP contribution in [0.2, 0.25) is 0 Å². The molecular formula is C12H23KO11S. The summed E-state index contributed by atoms with van der Waals surface area (Å²) >= 11 is 0. The fourth-order valence-electron chi connectivity index (χ4n) is 0.725. The van der Waals surface area contributed by atoms with Crippen LogP contribution in [0.5, 0.6) is 0 Å². The number of carbonyl (C=O) groups excluding carboxylic acids is 3. The molecule has 0 saturated heterocycles. The van der Waals surface area contributed by atoms with Crippen molar-refractivity contribution in [3.8, 4) is 0 Å². The van der Waals surface area contributed by atoms with Crippen molar-refractivity contribution in [2.75, 3.05) is 13.2 Å². The summed E-state index contributed by atoms with van der Waals surface area (Å²) in [5.41, 5.74) is 0. The molecule has 4 N–H and O–H groups in total. The van der Waals surface area contributed by atoms with Gasteiger partial charge in [0.25, 0.3) is 0 Å². The van der Waals surface area contributed by atoms with Gasteiger partial charge in [-0.15, -0.1) is 0 Å². The van der Waals surface area contributed by atoms with Gasteiger partial charge in [-0.2, -0.15) is 0 Å². The Balaban J connectivity index is -0.000000205. The van der Waals surface area contributed by atoms with E-state index in [1.54, 1.807) is 0 Å². The summed E-state index contributed by atoms with van der Waals surface area (Å²) in [6, 6.07) is 0. The maximum atomic E-state index is 10.9. The van der Waals surface area contributed by atoms with Crippen LogP contribution in [0.3, 0.4) is 0 Å². The van der Waals surface area contributed by atoms with E-state index >= 15 is 0 Å². The van der Waals surface area contributed by atoms with Crippen LogP contribution in [0, 0.1) is 0 Å². The van der Waals surface area contributed by atoms with Crippen LogP contribution in [0.1, 0.15) is 27.7 Å². The normalized spacial score (nSPS) is 13.5. The van der Waals surface area contributed by atoms with Crippen LogP contribution >= 0.6 is 0 Å². The Hall–Kier alpha value is 0.356. The van der Waals surface area contributed by atoms with Gasteiger partial charge in [0.15, 0.2) is 5.78 Å². The standard InChI is InChI=1S/C6H12O9S.2C3H6O.K/c7-1-3(8)5(10)6(11)4(9)2-15-16(12,13)14;2*1-3(2)4;/h3,5-8,10-11H,1-2H2,(H,12,13,14);2*1-2H3;/q;;;+1/p-1/t3-,5-,6-;;;/m1.../s1. The Labute approximate surface area is 188 Å². The second kappa shape index (κ2) is 17.8. The molecule has 3 atom stereocenters. The molecule has 0 rings (SSSR count). The number of aliphatic hydroxyl groups excluding tert-OH is 4. The molecule has 0 saturated carbocycles. The number of aliphatic hydroxyl groups is 4. The van der Waals surface area contributed by atoms with Crippen molar-refractivity contribution in [2.45, 2.75) is 46.0 Å². The van der Waals surface area contributed by atoms with Gasteiger partial charge in [-0.05, 0) is 27.7 Å². The molecule has 0 aromatic rings. The first-order valence-corrected chi connectivity index (χ1v) is 7.71. The smallest absolute Gasteiger partial charge is 0.726 e. The summed E-state index contributed by atoms with van der Waals surface area (Å²) in [6.07, 6.45) is -5.94. The van der Waals surface area contributed by atoms with E-state index in [0.29, 0.717) is 0 Å². The van der Waals surface area contributed by atoms with E-state index in [1.165, 1.54) is 27.7 Å². The molecule has 0 aliphatic carbocycles. The van der Waals surface area contributed by atoms with E-state index < -0.39 is 47.7 Å². The molecule has 11 nitrogen and oxygen atoms in total. The maximum Gasteiger partial charge on any atom is 1.00 e. The molecule has 0 aromatic carbocycles. The molecule has 0 aliphatic heterocycles. The summed E-state index contributed by atoms with van der Waals surface area (Å²) < 4.78 is 33.4. The zero-order valence-corrected chi connectivity index (χ0v) is 18.6. The van der Waals surface area contributed by atoms with E-state index in [0.717, 1.165) is 0 Å². The Bertz CT molecular complexity index is 471. The Morgan fingerprint density at radius 1 is 1.00 bits per heavy atom. The summed E-state index contributed by atoms with van der Waals surface area (Å²) in [5.74, 6) is -0.987. The fraction of sp³-hybridized carbons (Fsp3) is 0.750. The van der Waals surface area contributed by atoms with Crippen molar-refractivity contribution in [1.82, 2.24) is 0 Å². The van der Waals surface area contributed by atoms with Gasteiger partial charge in [0.2, 0.25) is 10.4 Å². The van der Waals surface area contributed by atoms with E-state index in [9.17, 15) is 27.4 Å². The van der Waals surface area contributed by atoms with Gasteiger partial charge in [0, 0.05) is 0 Å². The monoisotopic (exact) mass is 414 g/mol. The van der Waals surface area contributed by atoms with Crippen LogP contribution in [0.15, 0.2) is 0 Å². The maximum absolute atomic E-state index is 10.9. The summed E-state index contributed by atoms with van der Waals surface area (Å²) in [5, 5.41) is 35.3. The first kappa shape index (κ1) is 33.0. The molecule has 0 amide bonds. The molecule has 0 unspecified atom stereocenters. The summed E-state index contributed by atoms with van der Waals surface area (Å²) in [6.45, 7) is 3.94. The summed E-state index contributed by atoms with van der Waals surface area (Å²) in [4.78, 5) is 29.8. The number of hydrogen-bond donors (Lipinski definition) is 4. The molecule has 144 valence electrons. The van der Waals surface area contributed by atoms with Gasteiger partial charge >= 0.3 is 51.4 Å². The first-order valence-electron chi connectivity index (χ1n) is 6.38. The Morgan fingerprint density at radius 2 is 1.32 bits per heavy atom. The number of rotatable bonds is 7. The average Bonchev–Trinajstić information content (AvgIpc) is 2.40. The summed E-state index contributed by atoms with van der Waals surface area (Å²) in [7, 11) is -5.08. The van der Waals surface area contributed by atoms with Gasteiger partial charge in [-0.25, -0.2) is 8.42 Å². The molecule has 13 heteroatoms. The van der Waals surface area contributed by atoms with Crippen molar-refractivity contribution >= 4 is 27.7 Å². The van der Waals surface area contributed by atoms with Crippen molar-refractivity contribution in [3.05, 3.63) is 0 Å². The molecule has 0 fully saturated rings. The third kappa shape index (κ3) is 29.4. The van der Waals surface area contributed by atoms with Crippen LogP contribution in [-0.4, -0.2) is 82.3 Å². The minimum atomic E-state index is -5.08. The van der Waals surface area contributed by atoms with Crippen LogP contribution in [0.25, 0.3) is 0 Å². The third-order valence-corrected chi connectivity index (χ3v) is 1.99. The molecule has 0 radical (unpaired) electrons. The van der Waals surface area contributed by atoms with Gasteiger partial charge in [-0.3, -0.25) is 8.98 Å².